The van der Waals surface area contributed by atoms with Gasteiger partial charge in [0.15, 0.2) is 0 Å². The first-order valence-corrected chi connectivity index (χ1v) is 9.14. The summed E-state index contributed by atoms with van der Waals surface area (Å²) in [5, 5.41) is 2.76. The molecule has 0 unspecified atom stereocenters. The lowest BCUT2D eigenvalue weighted by Crippen LogP contribution is -2.20. The number of aromatic nitrogens is 1. The molecule has 0 amide bonds. The Kier molecular flexibility index (Phi) is 3.82. The zero-order valence-corrected chi connectivity index (χ0v) is 16.1. The molecule has 4 heteroatoms. The van der Waals surface area contributed by atoms with Gasteiger partial charge in [0.1, 0.15) is 0 Å². The summed E-state index contributed by atoms with van der Waals surface area (Å²) in [6.45, 7) is 2.02. The van der Waals surface area contributed by atoms with E-state index in [9.17, 15) is 4.79 Å². The summed E-state index contributed by atoms with van der Waals surface area (Å²) in [5.74, 6) is 0. The van der Waals surface area contributed by atoms with E-state index < -0.39 is 0 Å². The zero-order chi connectivity index (χ0) is 16.8. The van der Waals surface area contributed by atoms with E-state index in [2.05, 4.69) is 37.9 Å². The van der Waals surface area contributed by atoms with Crippen molar-refractivity contribution in [2.45, 2.75) is 6.92 Å². The molecule has 0 radical (unpaired) electrons. The molecular weight excluding hydrogens is 430 g/mol. The van der Waals surface area contributed by atoms with Crippen molar-refractivity contribution in [1.82, 2.24) is 4.57 Å². The molecule has 3 aromatic carbocycles. The van der Waals surface area contributed by atoms with Crippen LogP contribution in [0.15, 0.2) is 74.4 Å². The molecular formula is C20H13Br2NO. The van der Waals surface area contributed by atoms with Gasteiger partial charge in [0.2, 0.25) is 0 Å². The monoisotopic (exact) mass is 441 g/mol. The van der Waals surface area contributed by atoms with Crippen LogP contribution in [0.2, 0.25) is 0 Å². The van der Waals surface area contributed by atoms with Crippen molar-refractivity contribution in [3.63, 3.8) is 0 Å². The number of pyridine rings is 1. The number of rotatable bonds is 1. The first-order valence-electron chi connectivity index (χ1n) is 7.56. The van der Waals surface area contributed by atoms with Crippen LogP contribution >= 0.6 is 31.9 Å². The van der Waals surface area contributed by atoms with Crippen LogP contribution < -0.4 is 5.56 Å². The first-order chi connectivity index (χ1) is 11.6. The molecule has 4 rings (SSSR count). The molecule has 0 aliphatic rings. The van der Waals surface area contributed by atoms with E-state index in [4.69, 9.17) is 0 Å². The molecule has 0 aliphatic heterocycles. The highest BCUT2D eigenvalue weighted by molar-refractivity contribution is 9.10. The minimum atomic E-state index is 0.00541. The number of hydrogen-bond acceptors (Lipinski definition) is 1. The van der Waals surface area contributed by atoms with Crippen molar-refractivity contribution in [3.05, 3.63) is 85.5 Å². The molecule has 0 aliphatic carbocycles. The van der Waals surface area contributed by atoms with Gasteiger partial charge in [-0.25, -0.2) is 0 Å². The fourth-order valence-corrected chi connectivity index (χ4v) is 4.00. The lowest BCUT2D eigenvalue weighted by atomic mass is 10.1. The Balaban J connectivity index is 2.26. The second kappa shape index (κ2) is 5.87. The molecule has 24 heavy (non-hydrogen) atoms. The average molecular weight is 443 g/mol. The van der Waals surface area contributed by atoms with Gasteiger partial charge >= 0.3 is 0 Å². The Bertz CT molecular complexity index is 1160. The van der Waals surface area contributed by atoms with Crippen molar-refractivity contribution in [2.24, 2.45) is 0 Å². The smallest absolute Gasteiger partial charge is 0.263 e. The summed E-state index contributed by atoms with van der Waals surface area (Å²) >= 11 is 7.04. The summed E-state index contributed by atoms with van der Waals surface area (Å²) in [7, 11) is 0. The van der Waals surface area contributed by atoms with Crippen LogP contribution in [0.4, 0.5) is 0 Å². The van der Waals surface area contributed by atoms with E-state index in [-0.39, 0.29) is 5.56 Å². The second-order valence-electron chi connectivity index (χ2n) is 5.78. The topological polar surface area (TPSA) is 22.0 Å². The number of benzene rings is 3. The van der Waals surface area contributed by atoms with Crippen LogP contribution in [0, 0.1) is 6.92 Å². The predicted molar refractivity (Wildman–Crippen MR) is 107 cm³/mol. The van der Waals surface area contributed by atoms with E-state index in [1.807, 2.05) is 66.1 Å². The molecule has 0 N–H and O–H groups in total. The lowest BCUT2D eigenvalue weighted by Gasteiger charge is -2.15. The quantitative estimate of drug-likeness (QED) is 0.332. The molecule has 118 valence electrons. The molecule has 4 aromatic rings. The molecule has 0 fully saturated rings. The standard InChI is InChI=1S/C20H13Br2NO/c1-12-10-13(21)6-8-18(12)23-19-9-7-14(22)11-17(19)15-4-2-3-5-16(15)20(23)24/h2-11H,1H3. The van der Waals surface area contributed by atoms with E-state index in [1.54, 1.807) is 0 Å². The zero-order valence-electron chi connectivity index (χ0n) is 12.9. The molecule has 0 bridgehead atoms. The van der Waals surface area contributed by atoms with Gasteiger partial charge in [0, 0.05) is 19.7 Å². The van der Waals surface area contributed by atoms with Crippen molar-refractivity contribution >= 4 is 53.5 Å². The van der Waals surface area contributed by atoms with Gasteiger partial charge in [-0.05, 0) is 60.3 Å². The fourth-order valence-electron chi connectivity index (χ4n) is 3.16. The van der Waals surface area contributed by atoms with Gasteiger partial charge in [-0.15, -0.1) is 0 Å². The highest BCUT2D eigenvalue weighted by Gasteiger charge is 2.13. The van der Waals surface area contributed by atoms with Crippen molar-refractivity contribution in [1.29, 1.82) is 0 Å². The van der Waals surface area contributed by atoms with Crippen LogP contribution in [0.1, 0.15) is 5.56 Å². The van der Waals surface area contributed by atoms with Crippen LogP contribution in [0.3, 0.4) is 0 Å². The summed E-state index contributed by atoms with van der Waals surface area (Å²) in [4.78, 5) is 13.2. The van der Waals surface area contributed by atoms with Crippen LogP contribution in [0.25, 0.3) is 27.4 Å². The summed E-state index contributed by atoms with van der Waals surface area (Å²) in [5.41, 5.74) is 2.87. The Morgan fingerprint density at radius 3 is 2.21 bits per heavy atom. The maximum absolute atomic E-state index is 13.2. The van der Waals surface area contributed by atoms with Gasteiger partial charge in [-0.2, -0.15) is 0 Å². The SMILES string of the molecule is Cc1cc(Br)ccc1-n1c(=O)c2ccccc2c2cc(Br)ccc21. The molecule has 0 atom stereocenters. The van der Waals surface area contributed by atoms with Gasteiger partial charge < -0.3 is 0 Å². The van der Waals surface area contributed by atoms with Crippen LogP contribution in [0.5, 0.6) is 0 Å². The van der Waals surface area contributed by atoms with Gasteiger partial charge in [-0.3, -0.25) is 9.36 Å². The Morgan fingerprint density at radius 2 is 1.46 bits per heavy atom. The number of halogens is 2. The normalized spacial score (nSPS) is 11.3. The van der Waals surface area contributed by atoms with Gasteiger partial charge in [0.25, 0.3) is 5.56 Å². The third-order valence-electron chi connectivity index (χ3n) is 4.25. The van der Waals surface area contributed by atoms with Crippen LogP contribution in [-0.2, 0) is 0 Å². The Labute approximate surface area is 156 Å². The van der Waals surface area contributed by atoms with Crippen molar-refractivity contribution < 1.29 is 0 Å². The first kappa shape index (κ1) is 15.6. The third kappa shape index (κ3) is 2.41. The highest BCUT2D eigenvalue weighted by atomic mass is 79.9. The van der Waals surface area contributed by atoms with Crippen LogP contribution in [-0.4, -0.2) is 4.57 Å². The lowest BCUT2D eigenvalue weighted by molar-refractivity contribution is 1.04. The Hall–Kier alpha value is -1.91. The Morgan fingerprint density at radius 1 is 0.792 bits per heavy atom. The van der Waals surface area contributed by atoms with E-state index in [1.165, 1.54) is 0 Å². The number of fused-ring (bicyclic) bond motifs is 3. The predicted octanol–water partition coefficient (Wildman–Crippen LogP) is 5.98. The number of hydrogen-bond donors (Lipinski definition) is 0. The summed E-state index contributed by atoms with van der Waals surface area (Å²) in [6, 6.07) is 19.8. The molecule has 0 saturated heterocycles. The fraction of sp³-hybridized carbons (Fsp3) is 0.0500. The van der Waals surface area contributed by atoms with Gasteiger partial charge in [-0.1, -0.05) is 50.1 Å². The largest absolute Gasteiger partial charge is 0.276 e. The number of nitrogens with zero attached hydrogens (tertiary/aromatic N) is 1. The third-order valence-corrected chi connectivity index (χ3v) is 5.24. The maximum Gasteiger partial charge on any atom is 0.263 e. The van der Waals surface area contributed by atoms with Crippen molar-refractivity contribution in [3.8, 4) is 5.69 Å². The van der Waals surface area contributed by atoms with E-state index in [0.29, 0.717) is 0 Å². The minimum Gasteiger partial charge on any atom is -0.276 e. The van der Waals surface area contributed by atoms with E-state index >= 15 is 0 Å². The highest BCUT2D eigenvalue weighted by Crippen LogP contribution is 2.29. The molecule has 0 spiro atoms. The second-order valence-corrected chi connectivity index (χ2v) is 7.61. The molecule has 1 heterocycles. The van der Waals surface area contributed by atoms with Crippen molar-refractivity contribution in [2.75, 3.05) is 0 Å². The summed E-state index contributed by atoms with van der Waals surface area (Å²) in [6.07, 6.45) is 0. The maximum atomic E-state index is 13.2. The minimum absolute atomic E-state index is 0.00541. The van der Waals surface area contributed by atoms with E-state index in [0.717, 1.165) is 41.9 Å². The summed E-state index contributed by atoms with van der Waals surface area (Å²) < 4.78 is 3.81. The molecule has 1 aromatic heterocycles. The number of aryl methyl sites for hydroxylation is 1. The van der Waals surface area contributed by atoms with Gasteiger partial charge in [0.05, 0.1) is 11.2 Å². The molecule has 0 saturated carbocycles. The average Bonchev–Trinajstić information content (AvgIpc) is 2.57. The molecule has 2 nitrogen and oxygen atoms in total.